The Bertz CT molecular complexity index is 417. The van der Waals surface area contributed by atoms with E-state index in [4.69, 9.17) is 9.84 Å². The minimum absolute atomic E-state index is 0.0476. The highest BCUT2D eigenvalue weighted by Gasteiger charge is 2.20. The predicted octanol–water partition coefficient (Wildman–Crippen LogP) is 2.85. The van der Waals surface area contributed by atoms with Crippen molar-refractivity contribution in [2.75, 3.05) is 7.11 Å². The van der Waals surface area contributed by atoms with Crippen molar-refractivity contribution in [3.05, 3.63) is 36.2 Å². The molecule has 1 aromatic carbocycles. The fourth-order valence-corrected chi connectivity index (χ4v) is 1.56. The van der Waals surface area contributed by atoms with Crippen molar-refractivity contribution < 1.29 is 19.0 Å². The molecular weight excluding hydrogens is 279 g/mol. The third kappa shape index (κ3) is 2.82. The highest BCUT2D eigenvalue weighted by atomic mass is 79.9. The summed E-state index contributed by atoms with van der Waals surface area (Å²) in [6.07, 6.45) is 0.280. The van der Waals surface area contributed by atoms with Crippen molar-refractivity contribution in [3.63, 3.8) is 0 Å². The smallest absolute Gasteiger partial charge is 0.321 e. The number of carbonyl (C=O) groups is 1. The molecule has 1 unspecified atom stereocenters. The minimum Gasteiger partial charge on any atom is -0.497 e. The molecule has 1 atom stereocenters. The van der Waals surface area contributed by atoms with Gasteiger partial charge in [0.25, 0.3) is 0 Å². The average Bonchev–Trinajstić information content (AvgIpc) is 2.30. The van der Waals surface area contributed by atoms with Crippen molar-refractivity contribution in [1.29, 1.82) is 0 Å². The summed E-state index contributed by atoms with van der Waals surface area (Å²) < 4.78 is 17.7. The second-order valence-electron chi connectivity index (χ2n) is 3.00. The summed E-state index contributed by atoms with van der Waals surface area (Å²) in [4.78, 5) is 9.66. The molecule has 0 saturated carbocycles. The van der Waals surface area contributed by atoms with Crippen LogP contribution < -0.4 is 4.74 Å². The first-order valence-corrected chi connectivity index (χ1v) is 5.33. The fourth-order valence-electron chi connectivity index (χ4n) is 1.20. The van der Waals surface area contributed by atoms with Crippen LogP contribution in [0.4, 0.5) is 4.39 Å². The number of carboxylic acid groups (broad SMARTS) is 1. The Balaban J connectivity index is 3.09. The molecule has 0 saturated heterocycles. The summed E-state index contributed by atoms with van der Waals surface area (Å²) in [6.45, 7) is 0. The van der Waals surface area contributed by atoms with E-state index in [2.05, 4.69) is 15.9 Å². The first-order valence-electron chi connectivity index (χ1n) is 4.41. The second-order valence-corrected chi connectivity index (χ2v) is 3.91. The van der Waals surface area contributed by atoms with Gasteiger partial charge in [-0.2, -0.15) is 0 Å². The van der Waals surface area contributed by atoms with E-state index in [0.29, 0.717) is 11.3 Å². The quantitative estimate of drug-likeness (QED) is 0.867. The standard InChI is InChI=1S/C11H10BrFO3/c1-16-8-4-2-3-7(5-8)9(6-13)10(12)11(14)15/h2-6,10H,1H3,(H,14,15). The number of halogens is 2. The number of benzene rings is 1. The summed E-state index contributed by atoms with van der Waals surface area (Å²) in [6, 6.07) is 6.55. The zero-order valence-corrected chi connectivity index (χ0v) is 10.1. The Kier molecular flexibility index (Phi) is 4.49. The Morgan fingerprint density at radius 3 is 2.81 bits per heavy atom. The SMILES string of the molecule is COc1cccc(C(=CF)C(Br)C(=O)O)c1. The molecule has 1 aromatic rings. The van der Waals surface area contributed by atoms with Crippen LogP contribution in [-0.4, -0.2) is 23.0 Å². The van der Waals surface area contributed by atoms with Crippen molar-refractivity contribution in [2.24, 2.45) is 0 Å². The molecule has 16 heavy (non-hydrogen) atoms. The van der Waals surface area contributed by atoms with Gasteiger partial charge in [0.15, 0.2) is 0 Å². The number of carboxylic acids is 1. The van der Waals surface area contributed by atoms with Crippen molar-refractivity contribution in [3.8, 4) is 5.75 Å². The van der Waals surface area contributed by atoms with Crippen LogP contribution in [0.15, 0.2) is 30.6 Å². The van der Waals surface area contributed by atoms with E-state index in [1.165, 1.54) is 7.11 Å². The maximum atomic E-state index is 12.7. The van der Waals surface area contributed by atoms with Crippen LogP contribution in [-0.2, 0) is 4.79 Å². The molecule has 0 amide bonds. The molecule has 3 nitrogen and oxygen atoms in total. The molecule has 0 aromatic heterocycles. The van der Waals surface area contributed by atoms with E-state index in [-0.39, 0.29) is 11.9 Å². The zero-order chi connectivity index (χ0) is 12.1. The lowest BCUT2D eigenvalue weighted by molar-refractivity contribution is -0.135. The van der Waals surface area contributed by atoms with E-state index in [1.54, 1.807) is 24.3 Å². The molecule has 0 fully saturated rings. The maximum absolute atomic E-state index is 12.7. The van der Waals surface area contributed by atoms with Crippen LogP contribution in [0, 0.1) is 0 Å². The monoisotopic (exact) mass is 288 g/mol. The minimum atomic E-state index is -1.15. The fraction of sp³-hybridized carbons (Fsp3) is 0.182. The lowest BCUT2D eigenvalue weighted by Crippen LogP contribution is -2.14. The number of alkyl halides is 1. The van der Waals surface area contributed by atoms with E-state index >= 15 is 0 Å². The van der Waals surface area contributed by atoms with Crippen molar-refractivity contribution in [1.82, 2.24) is 0 Å². The average molecular weight is 289 g/mol. The summed E-state index contributed by atoms with van der Waals surface area (Å²) in [5.74, 6) is -0.603. The van der Waals surface area contributed by atoms with Gasteiger partial charge in [0.2, 0.25) is 0 Å². The van der Waals surface area contributed by atoms with Crippen LogP contribution in [0.2, 0.25) is 0 Å². The number of ether oxygens (including phenoxy) is 1. The number of hydrogen-bond acceptors (Lipinski definition) is 2. The molecule has 0 heterocycles. The van der Waals surface area contributed by atoms with Crippen LogP contribution in [0.3, 0.4) is 0 Å². The highest BCUT2D eigenvalue weighted by molar-refractivity contribution is 9.10. The Labute approximate surface area is 101 Å². The van der Waals surface area contributed by atoms with E-state index in [1.807, 2.05) is 0 Å². The topological polar surface area (TPSA) is 46.5 Å². The largest absolute Gasteiger partial charge is 0.497 e. The number of rotatable bonds is 4. The van der Waals surface area contributed by atoms with Crippen LogP contribution >= 0.6 is 15.9 Å². The number of hydrogen-bond donors (Lipinski definition) is 1. The van der Waals surface area contributed by atoms with Gasteiger partial charge in [0.05, 0.1) is 13.4 Å². The van der Waals surface area contributed by atoms with Crippen LogP contribution in [0.25, 0.3) is 5.57 Å². The van der Waals surface area contributed by atoms with Gasteiger partial charge in [0, 0.05) is 5.57 Å². The Morgan fingerprint density at radius 1 is 1.62 bits per heavy atom. The molecule has 0 spiro atoms. The zero-order valence-electron chi connectivity index (χ0n) is 8.48. The maximum Gasteiger partial charge on any atom is 0.321 e. The summed E-state index contributed by atoms with van der Waals surface area (Å²) in [7, 11) is 1.49. The molecule has 86 valence electrons. The van der Waals surface area contributed by atoms with E-state index in [0.717, 1.165) is 0 Å². The van der Waals surface area contributed by atoms with Gasteiger partial charge in [-0.25, -0.2) is 4.39 Å². The van der Waals surface area contributed by atoms with Gasteiger partial charge in [0.1, 0.15) is 10.6 Å². The van der Waals surface area contributed by atoms with Gasteiger partial charge in [-0.3, -0.25) is 4.79 Å². The Hall–Kier alpha value is -1.36. The lowest BCUT2D eigenvalue weighted by Gasteiger charge is -2.10. The van der Waals surface area contributed by atoms with Gasteiger partial charge < -0.3 is 9.84 Å². The van der Waals surface area contributed by atoms with Crippen molar-refractivity contribution >= 4 is 27.5 Å². The van der Waals surface area contributed by atoms with E-state index < -0.39 is 10.8 Å². The van der Waals surface area contributed by atoms with Gasteiger partial charge in [-0.1, -0.05) is 28.1 Å². The first kappa shape index (κ1) is 12.7. The molecule has 0 bridgehead atoms. The molecule has 1 N–H and O–H groups in total. The molecule has 0 radical (unpaired) electrons. The van der Waals surface area contributed by atoms with E-state index in [9.17, 15) is 9.18 Å². The second kappa shape index (κ2) is 5.65. The molecule has 1 rings (SSSR count). The molecular formula is C11H10BrFO3. The first-order chi connectivity index (χ1) is 7.60. The third-order valence-corrected chi connectivity index (χ3v) is 2.90. The van der Waals surface area contributed by atoms with Crippen LogP contribution in [0.1, 0.15) is 5.56 Å². The van der Waals surface area contributed by atoms with Gasteiger partial charge >= 0.3 is 5.97 Å². The van der Waals surface area contributed by atoms with Gasteiger partial charge in [-0.15, -0.1) is 0 Å². The summed E-state index contributed by atoms with van der Waals surface area (Å²) in [5, 5.41) is 8.79. The molecule has 0 aliphatic heterocycles. The molecule has 0 aliphatic rings. The Morgan fingerprint density at radius 2 is 2.31 bits per heavy atom. The molecule has 5 heteroatoms. The molecule has 0 aliphatic carbocycles. The van der Waals surface area contributed by atoms with Crippen LogP contribution in [0.5, 0.6) is 5.75 Å². The number of aliphatic carboxylic acids is 1. The number of methoxy groups -OCH3 is 1. The summed E-state index contributed by atoms with van der Waals surface area (Å²) in [5.41, 5.74) is 0.512. The predicted molar refractivity (Wildman–Crippen MR) is 62.4 cm³/mol. The normalized spacial score (nSPS) is 13.3. The lowest BCUT2D eigenvalue weighted by atomic mass is 10.0. The summed E-state index contributed by atoms with van der Waals surface area (Å²) >= 11 is 2.90. The highest BCUT2D eigenvalue weighted by Crippen LogP contribution is 2.27. The third-order valence-electron chi connectivity index (χ3n) is 2.01. The van der Waals surface area contributed by atoms with Gasteiger partial charge in [-0.05, 0) is 17.7 Å². The van der Waals surface area contributed by atoms with Crippen molar-refractivity contribution in [2.45, 2.75) is 4.83 Å².